The maximum atomic E-state index is 12.1. The Balaban J connectivity index is 1.95. The third-order valence-electron chi connectivity index (χ3n) is 3.77. The lowest BCUT2D eigenvalue weighted by molar-refractivity contribution is 0.118. The lowest BCUT2D eigenvalue weighted by atomic mass is 9.93. The summed E-state index contributed by atoms with van der Waals surface area (Å²) in [6, 6.07) is 3.97. The summed E-state index contributed by atoms with van der Waals surface area (Å²) < 4.78 is 1.01. The molecule has 20 heavy (non-hydrogen) atoms. The number of nitrogens with one attached hydrogen (secondary N) is 2. The van der Waals surface area contributed by atoms with Crippen LogP contribution < -0.4 is 10.6 Å². The average molecular weight is 341 g/mol. The van der Waals surface area contributed by atoms with E-state index in [9.17, 15) is 9.90 Å². The normalized spacial score (nSPS) is 22.4. The topological polar surface area (TPSA) is 61.4 Å². The maximum absolute atomic E-state index is 12.1. The standard InChI is InChI=1S/C15H21BrN2O2/c1-9-7-11(16)8-10(2)14(9)18-15(20)17-12-3-5-13(19)6-4-12/h7-8,12-13,19H,3-6H2,1-2H3,(H2,17,18,20). The van der Waals surface area contributed by atoms with Crippen molar-refractivity contribution in [3.8, 4) is 0 Å². The highest BCUT2D eigenvalue weighted by Gasteiger charge is 2.21. The van der Waals surface area contributed by atoms with Crippen LogP contribution in [0.15, 0.2) is 16.6 Å². The molecule has 0 bridgehead atoms. The van der Waals surface area contributed by atoms with Gasteiger partial charge in [-0.25, -0.2) is 4.79 Å². The van der Waals surface area contributed by atoms with Crippen LogP contribution in [0.1, 0.15) is 36.8 Å². The van der Waals surface area contributed by atoms with Crippen LogP contribution >= 0.6 is 15.9 Å². The Morgan fingerprint density at radius 3 is 2.30 bits per heavy atom. The van der Waals surface area contributed by atoms with Gasteiger partial charge in [0.05, 0.1) is 6.10 Å². The Morgan fingerprint density at radius 2 is 1.75 bits per heavy atom. The van der Waals surface area contributed by atoms with Crippen molar-refractivity contribution in [2.75, 3.05) is 5.32 Å². The molecule has 1 aliphatic carbocycles. The minimum Gasteiger partial charge on any atom is -0.393 e. The predicted octanol–water partition coefficient (Wildman–Crippen LogP) is 3.49. The van der Waals surface area contributed by atoms with Gasteiger partial charge in [-0.15, -0.1) is 0 Å². The highest BCUT2D eigenvalue weighted by molar-refractivity contribution is 9.10. The van der Waals surface area contributed by atoms with Gasteiger partial charge in [-0.3, -0.25) is 0 Å². The molecule has 0 aromatic heterocycles. The summed E-state index contributed by atoms with van der Waals surface area (Å²) in [6.45, 7) is 3.95. The number of halogens is 1. The number of hydrogen-bond acceptors (Lipinski definition) is 2. The van der Waals surface area contributed by atoms with Crippen molar-refractivity contribution in [3.05, 3.63) is 27.7 Å². The number of aliphatic hydroxyl groups excluding tert-OH is 1. The lowest BCUT2D eigenvalue weighted by Crippen LogP contribution is -2.41. The molecule has 0 spiro atoms. The summed E-state index contributed by atoms with van der Waals surface area (Å²) in [7, 11) is 0. The molecular weight excluding hydrogens is 320 g/mol. The number of urea groups is 1. The van der Waals surface area contributed by atoms with Gasteiger partial charge in [0.1, 0.15) is 0 Å². The summed E-state index contributed by atoms with van der Waals surface area (Å²) in [6.07, 6.45) is 3.01. The number of amides is 2. The Morgan fingerprint density at radius 1 is 1.20 bits per heavy atom. The zero-order chi connectivity index (χ0) is 14.7. The molecule has 0 aliphatic heterocycles. The second-order valence-electron chi connectivity index (χ2n) is 5.52. The molecule has 110 valence electrons. The molecular formula is C15H21BrN2O2. The number of benzene rings is 1. The smallest absolute Gasteiger partial charge is 0.319 e. The van der Waals surface area contributed by atoms with Gasteiger partial charge >= 0.3 is 6.03 Å². The van der Waals surface area contributed by atoms with E-state index in [2.05, 4.69) is 26.6 Å². The summed E-state index contributed by atoms with van der Waals surface area (Å²) >= 11 is 3.45. The number of anilines is 1. The molecule has 1 fully saturated rings. The minimum absolute atomic E-state index is 0.162. The van der Waals surface area contributed by atoms with Gasteiger partial charge in [0.2, 0.25) is 0 Å². The fourth-order valence-corrected chi connectivity index (χ4v) is 3.35. The van der Waals surface area contributed by atoms with E-state index in [1.807, 2.05) is 26.0 Å². The zero-order valence-electron chi connectivity index (χ0n) is 11.9. The summed E-state index contributed by atoms with van der Waals surface area (Å²) in [4.78, 5) is 12.1. The maximum Gasteiger partial charge on any atom is 0.319 e. The molecule has 0 radical (unpaired) electrons. The van der Waals surface area contributed by atoms with E-state index in [-0.39, 0.29) is 18.2 Å². The van der Waals surface area contributed by atoms with E-state index in [0.29, 0.717) is 0 Å². The van der Waals surface area contributed by atoms with Crippen LogP contribution in [0.4, 0.5) is 10.5 Å². The molecule has 0 unspecified atom stereocenters. The van der Waals surface area contributed by atoms with Crippen LogP contribution in [0.5, 0.6) is 0 Å². The Labute approximate surface area is 128 Å². The first kappa shape index (κ1) is 15.3. The second kappa shape index (κ2) is 6.59. The molecule has 1 saturated carbocycles. The van der Waals surface area contributed by atoms with Gasteiger partial charge in [-0.2, -0.15) is 0 Å². The van der Waals surface area contributed by atoms with Gasteiger partial charge < -0.3 is 15.7 Å². The average Bonchev–Trinajstić information content (AvgIpc) is 2.36. The third-order valence-corrected chi connectivity index (χ3v) is 4.23. The van der Waals surface area contributed by atoms with Crippen molar-refractivity contribution < 1.29 is 9.90 Å². The summed E-state index contributed by atoms with van der Waals surface area (Å²) in [5, 5.41) is 15.4. The van der Waals surface area contributed by atoms with E-state index < -0.39 is 0 Å². The highest BCUT2D eigenvalue weighted by atomic mass is 79.9. The summed E-state index contributed by atoms with van der Waals surface area (Å²) in [5.41, 5.74) is 2.93. The van der Waals surface area contributed by atoms with Crippen molar-refractivity contribution in [2.45, 2.75) is 51.7 Å². The van der Waals surface area contributed by atoms with Crippen molar-refractivity contribution in [2.24, 2.45) is 0 Å². The van der Waals surface area contributed by atoms with E-state index in [1.165, 1.54) is 0 Å². The number of rotatable bonds is 2. The predicted molar refractivity (Wildman–Crippen MR) is 84.0 cm³/mol. The minimum atomic E-state index is -0.202. The van der Waals surface area contributed by atoms with E-state index in [1.54, 1.807) is 0 Å². The first-order valence-electron chi connectivity index (χ1n) is 6.98. The molecule has 5 heteroatoms. The SMILES string of the molecule is Cc1cc(Br)cc(C)c1NC(=O)NC1CCC(O)CC1. The molecule has 1 aromatic carbocycles. The van der Waals surface area contributed by atoms with Gasteiger partial charge in [-0.05, 0) is 62.8 Å². The van der Waals surface area contributed by atoms with Crippen LogP contribution in [0.3, 0.4) is 0 Å². The molecule has 3 N–H and O–H groups in total. The van der Waals surface area contributed by atoms with E-state index in [4.69, 9.17) is 0 Å². The van der Waals surface area contributed by atoms with Crippen molar-refractivity contribution in [3.63, 3.8) is 0 Å². The largest absolute Gasteiger partial charge is 0.393 e. The lowest BCUT2D eigenvalue weighted by Gasteiger charge is -2.26. The number of aryl methyl sites for hydroxylation is 2. The van der Waals surface area contributed by atoms with Gasteiger partial charge in [0, 0.05) is 16.2 Å². The number of hydrogen-bond donors (Lipinski definition) is 3. The number of carbonyl (C=O) groups excluding carboxylic acids is 1. The zero-order valence-corrected chi connectivity index (χ0v) is 13.5. The number of aliphatic hydroxyl groups is 1. The molecule has 0 heterocycles. The van der Waals surface area contributed by atoms with Gasteiger partial charge in [-0.1, -0.05) is 15.9 Å². The fraction of sp³-hybridized carbons (Fsp3) is 0.533. The van der Waals surface area contributed by atoms with Crippen molar-refractivity contribution in [1.29, 1.82) is 0 Å². The first-order valence-corrected chi connectivity index (χ1v) is 7.77. The van der Waals surface area contributed by atoms with Gasteiger partial charge in [0.15, 0.2) is 0 Å². The van der Waals surface area contributed by atoms with Crippen LogP contribution in [-0.4, -0.2) is 23.3 Å². The molecule has 0 atom stereocenters. The second-order valence-corrected chi connectivity index (χ2v) is 6.43. The van der Waals surface area contributed by atoms with Crippen LogP contribution in [0.25, 0.3) is 0 Å². The van der Waals surface area contributed by atoms with Crippen molar-refractivity contribution in [1.82, 2.24) is 5.32 Å². The molecule has 0 saturated heterocycles. The van der Waals surface area contributed by atoms with Crippen LogP contribution in [0.2, 0.25) is 0 Å². The Hall–Kier alpha value is -1.07. The van der Waals surface area contributed by atoms with Gasteiger partial charge in [0.25, 0.3) is 0 Å². The van der Waals surface area contributed by atoms with Crippen LogP contribution in [0, 0.1) is 13.8 Å². The van der Waals surface area contributed by atoms with Crippen molar-refractivity contribution >= 4 is 27.6 Å². The number of carbonyl (C=O) groups is 1. The quantitative estimate of drug-likeness (QED) is 0.771. The van der Waals surface area contributed by atoms with Crippen LogP contribution in [-0.2, 0) is 0 Å². The third kappa shape index (κ3) is 3.96. The molecule has 4 nitrogen and oxygen atoms in total. The van der Waals surface area contributed by atoms with E-state index in [0.717, 1.165) is 47.0 Å². The first-order chi connectivity index (χ1) is 9.45. The highest BCUT2D eigenvalue weighted by Crippen LogP contribution is 2.25. The molecule has 1 aromatic rings. The van der Waals surface area contributed by atoms with E-state index >= 15 is 0 Å². The Bertz CT molecular complexity index is 474. The molecule has 2 amide bonds. The molecule has 1 aliphatic rings. The molecule has 2 rings (SSSR count). The fourth-order valence-electron chi connectivity index (χ4n) is 2.66. The Kier molecular flexibility index (Phi) is 5.05. The summed E-state index contributed by atoms with van der Waals surface area (Å²) in [5.74, 6) is 0. The monoisotopic (exact) mass is 340 g/mol.